The summed E-state index contributed by atoms with van der Waals surface area (Å²) in [7, 11) is 0. The summed E-state index contributed by atoms with van der Waals surface area (Å²) < 4.78 is 5.07. The van der Waals surface area contributed by atoms with Crippen molar-refractivity contribution in [3.63, 3.8) is 0 Å². The van der Waals surface area contributed by atoms with E-state index in [1.807, 2.05) is 0 Å². The van der Waals surface area contributed by atoms with Crippen LogP contribution in [0.4, 0.5) is 0 Å². The van der Waals surface area contributed by atoms with E-state index in [-0.39, 0.29) is 5.76 Å². The molecule has 102 valence electrons. The predicted octanol–water partition coefficient (Wildman–Crippen LogP) is 2.65. The number of hydrogen-bond acceptors (Lipinski definition) is 4. The van der Waals surface area contributed by atoms with Gasteiger partial charge in [-0.05, 0) is 23.8 Å². The molecule has 0 aliphatic heterocycles. The Morgan fingerprint density at radius 1 is 0.810 bits per heavy atom. The van der Waals surface area contributed by atoms with Crippen LogP contribution in [0.25, 0.3) is 6.08 Å². The van der Waals surface area contributed by atoms with Gasteiger partial charge in [0.05, 0.1) is 5.56 Å². The molecule has 0 saturated heterocycles. The molecular formula is C17H10O4. The molecule has 0 N–H and O–H groups in total. The van der Waals surface area contributed by atoms with Crippen LogP contribution < -0.4 is 0 Å². The number of allylic oxidation sites excluding steroid dienone is 1. The van der Waals surface area contributed by atoms with Crippen LogP contribution in [-0.2, 0) is 9.53 Å². The lowest BCUT2D eigenvalue weighted by Gasteiger charge is -2.14. The summed E-state index contributed by atoms with van der Waals surface area (Å²) in [4.78, 5) is 35.9. The van der Waals surface area contributed by atoms with Gasteiger partial charge in [0.2, 0.25) is 5.78 Å². The van der Waals surface area contributed by atoms with Crippen molar-refractivity contribution >= 4 is 23.6 Å². The number of ether oxygens (including phenoxy) is 1. The number of carbonyl (C=O) groups is 3. The molecule has 0 atom stereocenters. The third kappa shape index (κ3) is 2.39. The van der Waals surface area contributed by atoms with Crippen molar-refractivity contribution in [1.29, 1.82) is 0 Å². The van der Waals surface area contributed by atoms with E-state index in [2.05, 4.69) is 0 Å². The Bertz CT molecular complexity index is 772. The third-order valence-electron chi connectivity index (χ3n) is 3.13. The highest BCUT2D eigenvalue weighted by molar-refractivity contribution is 6.51. The maximum Gasteiger partial charge on any atom is 0.343 e. The van der Waals surface area contributed by atoms with Crippen LogP contribution in [0.5, 0.6) is 0 Å². The number of esters is 1. The van der Waals surface area contributed by atoms with E-state index in [1.54, 1.807) is 54.6 Å². The third-order valence-corrected chi connectivity index (χ3v) is 3.13. The molecule has 0 radical (unpaired) electrons. The zero-order valence-electron chi connectivity index (χ0n) is 10.9. The van der Waals surface area contributed by atoms with Crippen molar-refractivity contribution in [3.05, 3.63) is 77.0 Å². The maximum atomic E-state index is 12.0. The van der Waals surface area contributed by atoms with Gasteiger partial charge in [-0.3, -0.25) is 9.59 Å². The summed E-state index contributed by atoms with van der Waals surface area (Å²) in [5.74, 6) is -2.38. The fraction of sp³-hybridized carbons (Fsp3) is 0. The number of ketones is 2. The average molecular weight is 278 g/mol. The van der Waals surface area contributed by atoms with E-state index >= 15 is 0 Å². The molecule has 0 saturated carbocycles. The minimum atomic E-state index is -0.807. The van der Waals surface area contributed by atoms with Crippen LogP contribution in [0.15, 0.2) is 60.4 Å². The first-order chi connectivity index (χ1) is 10.2. The van der Waals surface area contributed by atoms with Crippen molar-refractivity contribution in [2.24, 2.45) is 0 Å². The Labute approximate surface area is 120 Å². The fourth-order valence-corrected chi connectivity index (χ4v) is 2.08. The molecular weight excluding hydrogens is 268 g/mol. The molecule has 2 aromatic carbocycles. The maximum absolute atomic E-state index is 12.0. The van der Waals surface area contributed by atoms with Gasteiger partial charge in [0.25, 0.3) is 5.78 Å². The van der Waals surface area contributed by atoms with Crippen LogP contribution in [0.3, 0.4) is 0 Å². The van der Waals surface area contributed by atoms with E-state index in [9.17, 15) is 14.4 Å². The fourth-order valence-electron chi connectivity index (χ4n) is 2.08. The van der Waals surface area contributed by atoms with E-state index in [0.29, 0.717) is 16.7 Å². The van der Waals surface area contributed by atoms with Crippen LogP contribution in [0.2, 0.25) is 0 Å². The molecule has 21 heavy (non-hydrogen) atoms. The number of Topliss-reactive ketones (excluding diaryl/α,β-unsaturated/α-hetero) is 2. The highest BCUT2D eigenvalue weighted by Crippen LogP contribution is 2.23. The van der Waals surface area contributed by atoms with Gasteiger partial charge in [-0.15, -0.1) is 0 Å². The number of fused-ring (bicyclic) bond motifs is 1. The molecule has 0 heterocycles. The van der Waals surface area contributed by atoms with Crippen molar-refractivity contribution in [2.45, 2.75) is 0 Å². The number of rotatable bonds is 2. The van der Waals surface area contributed by atoms with E-state index in [0.717, 1.165) is 0 Å². The first kappa shape index (κ1) is 13.0. The monoisotopic (exact) mass is 278 g/mol. The highest BCUT2D eigenvalue weighted by Gasteiger charge is 2.30. The van der Waals surface area contributed by atoms with Crippen molar-refractivity contribution in [3.8, 4) is 0 Å². The lowest BCUT2D eigenvalue weighted by Crippen LogP contribution is -2.24. The van der Waals surface area contributed by atoms with E-state index in [4.69, 9.17) is 4.74 Å². The van der Waals surface area contributed by atoms with Crippen LogP contribution >= 0.6 is 0 Å². The van der Waals surface area contributed by atoms with Gasteiger partial charge in [0, 0.05) is 5.56 Å². The SMILES string of the molecule is O=C1C(=O)c2ccccc2C=C1OC(=O)c1ccccc1. The van der Waals surface area contributed by atoms with Gasteiger partial charge < -0.3 is 4.74 Å². The molecule has 0 amide bonds. The van der Waals surface area contributed by atoms with E-state index in [1.165, 1.54) is 6.08 Å². The smallest absolute Gasteiger partial charge is 0.343 e. The summed E-state index contributed by atoms with van der Waals surface area (Å²) in [5.41, 5.74) is 1.21. The molecule has 0 fully saturated rings. The highest BCUT2D eigenvalue weighted by atomic mass is 16.5. The second-order valence-electron chi connectivity index (χ2n) is 4.51. The van der Waals surface area contributed by atoms with Gasteiger partial charge in [-0.1, -0.05) is 42.5 Å². The van der Waals surface area contributed by atoms with Crippen molar-refractivity contribution in [1.82, 2.24) is 0 Å². The summed E-state index contributed by atoms with van der Waals surface area (Å²) in [6.07, 6.45) is 1.42. The second-order valence-corrected chi connectivity index (χ2v) is 4.51. The quantitative estimate of drug-likeness (QED) is 0.626. The second kappa shape index (κ2) is 5.17. The predicted molar refractivity (Wildman–Crippen MR) is 75.6 cm³/mol. The minimum Gasteiger partial charge on any atom is -0.419 e. The molecule has 3 rings (SSSR count). The van der Waals surface area contributed by atoms with Crippen molar-refractivity contribution < 1.29 is 19.1 Å². The Balaban J connectivity index is 1.93. The minimum absolute atomic E-state index is 0.243. The van der Waals surface area contributed by atoms with Gasteiger partial charge in [0.1, 0.15) is 0 Å². The summed E-state index contributed by atoms with van der Waals surface area (Å²) in [5, 5.41) is 0. The van der Waals surface area contributed by atoms with Gasteiger partial charge in [0.15, 0.2) is 5.76 Å². The van der Waals surface area contributed by atoms with Gasteiger partial charge >= 0.3 is 5.97 Å². The van der Waals surface area contributed by atoms with E-state index < -0.39 is 17.5 Å². The van der Waals surface area contributed by atoms with Gasteiger partial charge in [-0.25, -0.2) is 4.79 Å². The van der Waals surface area contributed by atoms with Crippen LogP contribution in [-0.4, -0.2) is 17.5 Å². The van der Waals surface area contributed by atoms with Gasteiger partial charge in [-0.2, -0.15) is 0 Å². The molecule has 1 aliphatic carbocycles. The molecule has 4 heteroatoms. The Morgan fingerprint density at radius 3 is 2.24 bits per heavy atom. The summed E-state index contributed by atoms with van der Waals surface area (Å²) in [6, 6.07) is 15.0. The molecule has 0 spiro atoms. The van der Waals surface area contributed by atoms with Crippen LogP contribution in [0, 0.1) is 0 Å². The molecule has 0 bridgehead atoms. The Hall–Kier alpha value is -3.01. The lowest BCUT2D eigenvalue weighted by molar-refractivity contribution is -0.114. The normalized spacial score (nSPS) is 13.4. The number of benzene rings is 2. The molecule has 2 aromatic rings. The lowest BCUT2D eigenvalue weighted by atomic mass is 9.94. The first-order valence-electron chi connectivity index (χ1n) is 6.34. The largest absolute Gasteiger partial charge is 0.419 e. The first-order valence-corrected chi connectivity index (χ1v) is 6.34. The molecule has 0 unspecified atom stereocenters. The Kier molecular flexibility index (Phi) is 3.20. The standard InChI is InChI=1S/C17H10O4/c18-15-13-9-5-4-8-12(13)10-14(16(15)19)21-17(20)11-6-2-1-3-7-11/h1-10H. The number of hydrogen-bond donors (Lipinski definition) is 0. The zero-order valence-corrected chi connectivity index (χ0v) is 10.9. The molecule has 0 aromatic heterocycles. The Morgan fingerprint density at radius 2 is 1.48 bits per heavy atom. The zero-order chi connectivity index (χ0) is 14.8. The summed E-state index contributed by atoms with van der Waals surface area (Å²) in [6.45, 7) is 0. The van der Waals surface area contributed by atoms with Crippen LogP contribution in [0.1, 0.15) is 26.3 Å². The average Bonchev–Trinajstić information content (AvgIpc) is 2.53. The summed E-state index contributed by atoms with van der Waals surface area (Å²) >= 11 is 0. The molecule has 1 aliphatic rings. The topological polar surface area (TPSA) is 60.4 Å². The van der Waals surface area contributed by atoms with Crippen molar-refractivity contribution in [2.75, 3.05) is 0 Å². The number of carbonyl (C=O) groups excluding carboxylic acids is 3. The molecule has 4 nitrogen and oxygen atoms in total.